The third-order valence-electron chi connectivity index (χ3n) is 4.48. The molecule has 0 spiro atoms. The third-order valence-corrected chi connectivity index (χ3v) is 7.60. The van der Waals surface area contributed by atoms with Crippen LogP contribution in [0.4, 0.5) is 0 Å². The summed E-state index contributed by atoms with van der Waals surface area (Å²) in [6.45, 7) is 21.7. The maximum absolute atomic E-state index is 12.8. The second-order valence-electron chi connectivity index (χ2n) is 10.8. The van der Waals surface area contributed by atoms with E-state index in [2.05, 4.69) is 0 Å². The van der Waals surface area contributed by atoms with Crippen LogP contribution in [-0.2, 0) is 46.6 Å². The van der Waals surface area contributed by atoms with E-state index in [-0.39, 0.29) is 24.3 Å². The van der Waals surface area contributed by atoms with E-state index >= 15 is 0 Å². The van der Waals surface area contributed by atoms with Gasteiger partial charge in [0.1, 0.15) is 0 Å². The fourth-order valence-corrected chi connectivity index (χ4v) is 6.30. The highest BCUT2D eigenvalue weighted by molar-refractivity contribution is 6.60. The van der Waals surface area contributed by atoms with Crippen LogP contribution in [0.3, 0.4) is 0 Å². The van der Waals surface area contributed by atoms with Crippen molar-refractivity contribution in [2.24, 2.45) is 11.8 Å². The summed E-state index contributed by atoms with van der Waals surface area (Å²) in [5.74, 6) is -3.36. The second kappa shape index (κ2) is 17.3. The SMILES string of the molecule is CC=CC(=O)OC(CC(C)C)(OC(C)C)O[Si](CC(C)C)(OC)OC(OC(=O)C=CC)(OC(C)C)OC(C)C. The second-order valence-corrected chi connectivity index (χ2v) is 13.4. The number of ether oxygens (including phenoxy) is 5. The predicted octanol–water partition coefficient (Wildman–Crippen LogP) is 6.09. The highest BCUT2D eigenvalue weighted by Crippen LogP contribution is 2.38. The van der Waals surface area contributed by atoms with Gasteiger partial charge in [-0.05, 0) is 67.2 Å². The average molecular weight is 577 g/mol. The number of hydrogen-bond acceptors (Lipinski definition) is 10. The van der Waals surface area contributed by atoms with Crippen molar-refractivity contribution in [2.45, 2.75) is 126 Å². The lowest BCUT2D eigenvalue weighted by Crippen LogP contribution is -2.62. The zero-order chi connectivity index (χ0) is 30.4. The first-order chi connectivity index (χ1) is 18.0. The van der Waals surface area contributed by atoms with E-state index in [4.69, 9.17) is 37.0 Å². The molecule has 0 bridgehead atoms. The van der Waals surface area contributed by atoms with Gasteiger partial charge in [-0.15, -0.1) is 0 Å². The van der Waals surface area contributed by atoms with Crippen LogP contribution in [-0.4, -0.2) is 58.3 Å². The lowest BCUT2D eigenvalue weighted by atomic mass is 10.1. The minimum absolute atomic E-state index is 0.0270. The molecule has 0 aliphatic carbocycles. The zero-order valence-corrected chi connectivity index (χ0v) is 27.2. The molecule has 0 aromatic rings. The topological polar surface area (TPSA) is 108 Å². The summed E-state index contributed by atoms with van der Waals surface area (Å²) in [6, 6.07) is 0.220. The third kappa shape index (κ3) is 14.6. The van der Waals surface area contributed by atoms with E-state index in [9.17, 15) is 9.59 Å². The van der Waals surface area contributed by atoms with Gasteiger partial charge >= 0.3 is 32.9 Å². The van der Waals surface area contributed by atoms with Gasteiger partial charge in [0.25, 0.3) is 0 Å². The van der Waals surface area contributed by atoms with Gasteiger partial charge in [-0.25, -0.2) is 9.59 Å². The minimum atomic E-state index is -4.03. The zero-order valence-electron chi connectivity index (χ0n) is 26.2. The van der Waals surface area contributed by atoms with Gasteiger partial charge in [-0.1, -0.05) is 39.8 Å². The molecule has 2 atom stereocenters. The van der Waals surface area contributed by atoms with Gasteiger partial charge in [0.15, 0.2) is 0 Å². The Bertz CT molecular complexity index is 713. The van der Waals surface area contributed by atoms with E-state index < -0.39 is 51.2 Å². The van der Waals surface area contributed by atoms with Gasteiger partial charge < -0.3 is 23.1 Å². The molecular weight excluding hydrogens is 524 g/mol. The van der Waals surface area contributed by atoms with Crippen molar-refractivity contribution in [2.75, 3.05) is 7.11 Å². The Morgan fingerprint density at radius 2 is 1.15 bits per heavy atom. The van der Waals surface area contributed by atoms with Crippen LogP contribution in [0, 0.1) is 11.8 Å². The van der Waals surface area contributed by atoms with Crippen LogP contribution < -0.4 is 0 Å². The molecule has 0 rings (SSSR count). The molecule has 0 amide bonds. The van der Waals surface area contributed by atoms with Crippen LogP contribution >= 0.6 is 0 Å². The van der Waals surface area contributed by atoms with Crippen LogP contribution in [0.1, 0.15) is 89.5 Å². The van der Waals surface area contributed by atoms with Crippen molar-refractivity contribution in [1.29, 1.82) is 0 Å². The molecule has 0 aliphatic rings. The molecule has 10 nitrogen and oxygen atoms in total. The summed E-state index contributed by atoms with van der Waals surface area (Å²) in [5, 5.41) is 0. The van der Waals surface area contributed by atoms with Crippen LogP contribution in [0.25, 0.3) is 0 Å². The Morgan fingerprint density at radius 1 is 0.692 bits per heavy atom. The van der Waals surface area contributed by atoms with Gasteiger partial charge in [0.2, 0.25) is 0 Å². The summed E-state index contributed by atoms with van der Waals surface area (Å²) in [7, 11) is -2.61. The van der Waals surface area contributed by atoms with Crippen molar-refractivity contribution in [3.8, 4) is 0 Å². The summed E-state index contributed by atoms with van der Waals surface area (Å²) in [4.78, 5) is 25.4. The first kappa shape index (κ1) is 37.4. The van der Waals surface area contributed by atoms with Crippen molar-refractivity contribution >= 4 is 20.7 Å². The number of rotatable bonds is 19. The maximum Gasteiger partial charge on any atom is 0.512 e. The Balaban J connectivity index is 7.15. The van der Waals surface area contributed by atoms with Gasteiger partial charge in [-0.3, -0.25) is 13.9 Å². The molecule has 0 fully saturated rings. The molecule has 2 unspecified atom stereocenters. The number of allylic oxidation sites excluding steroid dienone is 2. The van der Waals surface area contributed by atoms with Crippen LogP contribution in [0.5, 0.6) is 0 Å². The summed E-state index contributed by atoms with van der Waals surface area (Å²) >= 11 is 0. The average Bonchev–Trinajstić information content (AvgIpc) is 2.70. The number of esters is 2. The van der Waals surface area contributed by atoms with Crippen molar-refractivity contribution in [3.63, 3.8) is 0 Å². The summed E-state index contributed by atoms with van der Waals surface area (Å²) in [6.07, 6.45) is 2.01. The lowest BCUT2D eigenvalue weighted by molar-refractivity contribution is -0.482. The summed E-state index contributed by atoms with van der Waals surface area (Å²) in [5.41, 5.74) is 0. The largest absolute Gasteiger partial charge is 0.512 e. The quantitative estimate of drug-likeness (QED) is 0.0776. The highest BCUT2D eigenvalue weighted by Gasteiger charge is 2.59. The summed E-state index contributed by atoms with van der Waals surface area (Å²) < 4.78 is 48.7. The molecule has 0 heterocycles. The van der Waals surface area contributed by atoms with Crippen molar-refractivity contribution < 1.29 is 46.6 Å². The molecular formula is C28H52O10Si. The molecule has 0 saturated carbocycles. The van der Waals surface area contributed by atoms with Gasteiger partial charge in [0, 0.05) is 31.7 Å². The number of carbonyl (C=O) groups excluding carboxylic acids is 2. The molecule has 0 aromatic heterocycles. The van der Waals surface area contributed by atoms with Crippen molar-refractivity contribution in [1.82, 2.24) is 0 Å². The normalized spacial score (nSPS) is 16.2. The van der Waals surface area contributed by atoms with Crippen LogP contribution in [0.15, 0.2) is 24.3 Å². The van der Waals surface area contributed by atoms with E-state index in [1.807, 2.05) is 27.7 Å². The monoisotopic (exact) mass is 576 g/mol. The van der Waals surface area contributed by atoms with E-state index in [0.717, 1.165) is 0 Å². The minimum Gasteiger partial charge on any atom is -0.405 e. The number of carbonyl (C=O) groups is 2. The maximum atomic E-state index is 12.8. The Hall–Kier alpha value is -1.60. The smallest absolute Gasteiger partial charge is 0.405 e. The Kier molecular flexibility index (Phi) is 16.6. The van der Waals surface area contributed by atoms with Crippen molar-refractivity contribution in [3.05, 3.63) is 24.3 Å². The highest BCUT2D eigenvalue weighted by atomic mass is 28.4. The molecule has 0 N–H and O–H groups in total. The molecule has 0 aliphatic heterocycles. The molecule has 228 valence electrons. The first-order valence-electron chi connectivity index (χ1n) is 13.7. The lowest BCUT2D eigenvalue weighted by Gasteiger charge is -2.44. The molecule has 39 heavy (non-hydrogen) atoms. The Morgan fingerprint density at radius 3 is 1.51 bits per heavy atom. The predicted molar refractivity (Wildman–Crippen MR) is 150 cm³/mol. The van der Waals surface area contributed by atoms with Crippen LogP contribution in [0.2, 0.25) is 6.04 Å². The standard InChI is InChI=1S/C28H52O10Si/c1-14-16-25(29)35-27(18-20(3)4,32-22(7)8)37-39(31-13,19-21(5)6)38-28(33-23(9)10,34-24(11)12)36-26(30)17-15-2/h14-17,20-24H,18-19H2,1-13H3. The molecule has 0 radical (unpaired) electrons. The van der Waals surface area contributed by atoms with E-state index in [1.165, 1.54) is 25.3 Å². The first-order valence-corrected chi connectivity index (χ1v) is 15.6. The fourth-order valence-electron chi connectivity index (χ4n) is 3.60. The van der Waals surface area contributed by atoms with Gasteiger partial charge in [0.05, 0.1) is 18.3 Å². The van der Waals surface area contributed by atoms with Gasteiger partial charge in [-0.2, -0.15) is 0 Å². The Labute approximate surface area is 236 Å². The number of hydrogen-bond donors (Lipinski definition) is 0. The van der Waals surface area contributed by atoms with E-state index in [1.54, 1.807) is 61.5 Å². The molecule has 0 saturated heterocycles. The molecule has 0 aromatic carbocycles. The molecule has 11 heteroatoms. The fraction of sp³-hybridized carbons (Fsp3) is 0.786. The van der Waals surface area contributed by atoms with E-state index in [0.29, 0.717) is 0 Å².